The van der Waals surface area contributed by atoms with Crippen molar-refractivity contribution < 1.29 is 12.9 Å². The maximum absolute atomic E-state index is 12.7. The number of aromatic nitrogens is 2. The molecule has 0 unspecified atom stereocenters. The normalized spacial score (nSPS) is 30.3. The SMILES string of the molecule is CC1(C)[C@H](c2noc([C@H]3CCCCC34CC4)n2)[C@@H]1NS(=O)(=O)c1ccccc1. The summed E-state index contributed by atoms with van der Waals surface area (Å²) in [4.78, 5) is 5.05. The number of nitrogens with one attached hydrogen (secondary N) is 1. The molecule has 0 bridgehead atoms. The summed E-state index contributed by atoms with van der Waals surface area (Å²) in [7, 11) is -3.57. The third-order valence-electron chi connectivity index (χ3n) is 7.25. The van der Waals surface area contributed by atoms with Crippen molar-refractivity contribution in [3.63, 3.8) is 0 Å². The molecule has 0 amide bonds. The van der Waals surface area contributed by atoms with Crippen LogP contribution in [0.25, 0.3) is 0 Å². The topological polar surface area (TPSA) is 85.1 Å². The molecule has 3 aliphatic rings. The predicted octanol–water partition coefficient (Wildman–Crippen LogP) is 3.98. The van der Waals surface area contributed by atoms with E-state index in [9.17, 15) is 8.42 Å². The van der Waals surface area contributed by atoms with Crippen LogP contribution in [-0.4, -0.2) is 24.6 Å². The minimum absolute atomic E-state index is 0.0674. The molecule has 1 aromatic carbocycles. The van der Waals surface area contributed by atoms with E-state index < -0.39 is 10.0 Å². The zero-order valence-corrected chi connectivity index (χ0v) is 17.2. The molecule has 0 radical (unpaired) electrons. The Balaban J connectivity index is 1.35. The molecule has 28 heavy (non-hydrogen) atoms. The monoisotopic (exact) mass is 401 g/mol. The van der Waals surface area contributed by atoms with Crippen molar-refractivity contribution in [2.45, 2.75) is 75.1 Å². The quantitative estimate of drug-likeness (QED) is 0.819. The van der Waals surface area contributed by atoms with Crippen molar-refractivity contribution in [1.82, 2.24) is 14.9 Å². The Labute approximate surface area is 166 Å². The molecule has 3 aliphatic carbocycles. The maximum Gasteiger partial charge on any atom is 0.240 e. The van der Waals surface area contributed by atoms with Crippen LogP contribution in [0.3, 0.4) is 0 Å². The van der Waals surface area contributed by atoms with Gasteiger partial charge in [0.15, 0.2) is 5.82 Å². The van der Waals surface area contributed by atoms with Crippen molar-refractivity contribution in [2.24, 2.45) is 10.8 Å². The molecular formula is C21H27N3O3S. The lowest BCUT2D eigenvalue weighted by Crippen LogP contribution is -2.29. The minimum Gasteiger partial charge on any atom is -0.339 e. The Hall–Kier alpha value is -1.73. The summed E-state index contributed by atoms with van der Waals surface area (Å²) in [6, 6.07) is 8.25. The zero-order valence-electron chi connectivity index (χ0n) is 16.4. The molecule has 1 N–H and O–H groups in total. The van der Waals surface area contributed by atoms with E-state index in [0.717, 1.165) is 12.3 Å². The molecule has 0 aliphatic heterocycles. The Bertz CT molecular complexity index is 979. The van der Waals surface area contributed by atoms with Gasteiger partial charge in [0.25, 0.3) is 0 Å². The summed E-state index contributed by atoms with van der Waals surface area (Å²) < 4.78 is 34.0. The third-order valence-corrected chi connectivity index (χ3v) is 8.70. The van der Waals surface area contributed by atoms with Crippen LogP contribution in [0.15, 0.2) is 39.8 Å². The predicted molar refractivity (Wildman–Crippen MR) is 104 cm³/mol. The van der Waals surface area contributed by atoms with E-state index >= 15 is 0 Å². The highest BCUT2D eigenvalue weighted by Gasteiger charge is 2.62. The summed E-state index contributed by atoms with van der Waals surface area (Å²) in [5.74, 6) is 1.72. The number of sulfonamides is 1. The summed E-state index contributed by atoms with van der Waals surface area (Å²) in [6.07, 6.45) is 7.45. The summed E-state index contributed by atoms with van der Waals surface area (Å²) in [5, 5.41) is 4.27. The van der Waals surface area contributed by atoms with Gasteiger partial charge in [0.05, 0.1) is 4.90 Å². The lowest BCUT2D eigenvalue weighted by molar-refractivity contribution is 0.227. The van der Waals surface area contributed by atoms with E-state index in [0.29, 0.717) is 17.2 Å². The molecule has 3 saturated carbocycles. The van der Waals surface area contributed by atoms with E-state index in [1.54, 1.807) is 24.3 Å². The van der Waals surface area contributed by atoms with Gasteiger partial charge in [-0.2, -0.15) is 4.98 Å². The molecule has 3 atom stereocenters. The van der Waals surface area contributed by atoms with Gasteiger partial charge in [-0.3, -0.25) is 0 Å². The van der Waals surface area contributed by atoms with Crippen LogP contribution < -0.4 is 4.72 Å². The number of rotatable bonds is 5. The largest absolute Gasteiger partial charge is 0.339 e. The first kappa shape index (κ1) is 18.3. The van der Waals surface area contributed by atoms with Gasteiger partial charge < -0.3 is 4.52 Å². The van der Waals surface area contributed by atoms with Gasteiger partial charge in [-0.1, -0.05) is 50.0 Å². The summed E-state index contributed by atoms with van der Waals surface area (Å²) in [6.45, 7) is 4.10. The molecule has 0 saturated heterocycles. The average Bonchev–Trinajstić information content (AvgIpc) is 3.46. The minimum atomic E-state index is -3.57. The molecular weight excluding hydrogens is 374 g/mol. The van der Waals surface area contributed by atoms with Crippen LogP contribution in [0.4, 0.5) is 0 Å². The smallest absolute Gasteiger partial charge is 0.240 e. The van der Waals surface area contributed by atoms with E-state index in [2.05, 4.69) is 23.7 Å². The lowest BCUT2D eigenvalue weighted by Gasteiger charge is -2.28. The van der Waals surface area contributed by atoms with Crippen LogP contribution in [0.5, 0.6) is 0 Å². The summed E-state index contributed by atoms with van der Waals surface area (Å²) >= 11 is 0. The first-order valence-electron chi connectivity index (χ1n) is 10.2. The molecule has 2 aromatic rings. The van der Waals surface area contributed by atoms with Gasteiger partial charge in [-0.25, -0.2) is 13.1 Å². The zero-order chi connectivity index (χ0) is 19.6. The highest BCUT2D eigenvalue weighted by Crippen LogP contribution is 2.63. The molecule has 1 aromatic heterocycles. The van der Waals surface area contributed by atoms with Crippen molar-refractivity contribution in [1.29, 1.82) is 0 Å². The Morgan fingerprint density at radius 3 is 2.57 bits per heavy atom. The fourth-order valence-corrected chi connectivity index (χ4v) is 6.57. The standard InChI is InChI=1S/C21H27N3O3S/c1-20(2)16(17(20)24-28(25,26)14-8-4-3-5-9-14)18-22-19(27-23-18)15-10-6-7-11-21(15)12-13-21/h3-5,8-9,15-17,24H,6-7,10-13H2,1-2H3/t15-,16+,17+/m1/s1. The number of nitrogens with zero attached hydrogens (tertiary/aromatic N) is 2. The Morgan fingerprint density at radius 2 is 1.86 bits per heavy atom. The van der Waals surface area contributed by atoms with Crippen molar-refractivity contribution >= 4 is 10.0 Å². The van der Waals surface area contributed by atoms with Crippen molar-refractivity contribution in [3.05, 3.63) is 42.0 Å². The van der Waals surface area contributed by atoms with E-state index in [4.69, 9.17) is 9.51 Å². The first-order valence-corrected chi connectivity index (χ1v) is 11.7. The Morgan fingerprint density at radius 1 is 1.11 bits per heavy atom. The van der Waals surface area contributed by atoms with Crippen molar-refractivity contribution in [2.75, 3.05) is 0 Å². The maximum atomic E-state index is 12.7. The van der Waals surface area contributed by atoms with Gasteiger partial charge in [0.1, 0.15) is 0 Å². The van der Waals surface area contributed by atoms with E-state index in [1.165, 1.54) is 32.1 Å². The van der Waals surface area contributed by atoms with Gasteiger partial charge in [0, 0.05) is 17.9 Å². The second-order valence-corrected chi connectivity index (χ2v) is 11.1. The van der Waals surface area contributed by atoms with Gasteiger partial charge >= 0.3 is 0 Å². The van der Waals surface area contributed by atoms with Crippen LogP contribution in [0.1, 0.15) is 75.9 Å². The molecule has 6 nitrogen and oxygen atoms in total. The Kier molecular flexibility index (Phi) is 4.01. The number of benzene rings is 1. The van der Waals surface area contributed by atoms with Crippen LogP contribution in [0.2, 0.25) is 0 Å². The second-order valence-electron chi connectivity index (χ2n) is 9.36. The first-order chi connectivity index (χ1) is 13.3. The highest BCUT2D eigenvalue weighted by atomic mass is 32.2. The van der Waals surface area contributed by atoms with Crippen LogP contribution in [-0.2, 0) is 10.0 Å². The molecule has 7 heteroatoms. The van der Waals surface area contributed by atoms with Crippen molar-refractivity contribution in [3.8, 4) is 0 Å². The average molecular weight is 402 g/mol. The van der Waals surface area contributed by atoms with Crippen LogP contribution >= 0.6 is 0 Å². The number of hydrogen-bond acceptors (Lipinski definition) is 5. The van der Waals surface area contributed by atoms with Gasteiger partial charge in [0.2, 0.25) is 15.9 Å². The molecule has 3 fully saturated rings. The van der Waals surface area contributed by atoms with Gasteiger partial charge in [-0.15, -0.1) is 0 Å². The number of hydrogen-bond donors (Lipinski definition) is 1. The van der Waals surface area contributed by atoms with E-state index in [1.807, 2.05) is 6.07 Å². The van der Waals surface area contributed by atoms with E-state index in [-0.39, 0.29) is 22.3 Å². The lowest BCUT2D eigenvalue weighted by atomic mass is 9.76. The highest BCUT2D eigenvalue weighted by molar-refractivity contribution is 7.89. The third kappa shape index (κ3) is 2.90. The summed E-state index contributed by atoms with van der Waals surface area (Å²) in [5.41, 5.74) is 0.155. The molecule has 150 valence electrons. The fraction of sp³-hybridized carbons (Fsp3) is 0.619. The second kappa shape index (κ2) is 6.13. The molecule has 1 heterocycles. The van der Waals surface area contributed by atoms with Crippen LogP contribution in [0, 0.1) is 10.8 Å². The molecule has 5 rings (SSSR count). The molecule has 1 spiro atoms. The fourth-order valence-electron chi connectivity index (χ4n) is 5.14. The van der Waals surface area contributed by atoms with Gasteiger partial charge in [-0.05, 0) is 48.6 Å².